The van der Waals surface area contributed by atoms with Crippen molar-refractivity contribution in [3.63, 3.8) is 0 Å². The Labute approximate surface area is 318 Å². The Hall–Kier alpha value is -5.47. The maximum absolute atomic E-state index is 15.1. The standard InChI is InChI=1S/C22H20F3NO2.C21H17F4NO2/c1-14-3-6-16(7-4-14)17-8-10-20(26-12-17)22(24,25)21(28,13-27)18-9-5-15(2)11-19(18)23;1-13-2-4-14(5-3-13)15-6-9-19(26-11-15)21(24,25)20(28,12-27)17-8-7-16(22)10-18(17)23/h3-12,27-28H,13H2,1-2H3;2-11,27-28H,12H2,1H3/t21-;20-/m01/s1. The molecule has 0 aliphatic rings. The first-order valence-electron chi connectivity index (χ1n) is 17.1. The maximum atomic E-state index is 15.1. The molecule has 292 valence electrons. The van der Waals surface area contributed by atoms with Crippen molar-refractivity contribution in [1.82, 2.24) is 9.97 Å². The van der Waals surface area contributed by atoms with Crippen molar-refractivity contribution in [2.45, 2.75) is 43.8 Å². The van der Waals surface area contributed by atoms with E-state index in [1.54, 1.807) is 6.92 Å². The lowest BCUT2D eigenvalue weighted by atomic mass is 9.85. The summed E-state index contributed by atoms with van der Waals surface area (Å²) in [6.45, 7) is 2.57. The van der Waals surface area contributed by atoms with Gasteiger partial charge < -0.3 is 20.4 Å². The van der Waals surface area contributed by atoms with Gasteiger partial charge in [-0.05, 0) is 67.8 Å². The van der Waals surface area contributed by atoms with E-state index in [4.69, 9.17) is 0 Å². The van der Waals surface area contributed by atoms with Crippen LogP contribution < -0.4 is 0 Å². The van der Waals surface area contributed by atoms with Crippen molar-refractivity contribution in [3.8, 4) is 22.3 Å². The average Bonchev–Trinajstić information content (AvgIpc) is 3.18. The second kappa shape index (κ2) is 16.3. The number of aryl methyl sites for hydroxylation is 3. The summed E-state index contributed by atoms with van der Waals surface area (Å²) < 4.78 is 102. The summed E-state index contributed by atoms with van der Waals surface area (Å²) >= 11 is 0. The molecule has 0 saturated heterocycles. The van der Waals surface area contributed by atoms with Gasteiger partial charge in [0.1, 0.15) is 28.8 Å². The Morgan fingerprint density at radius 1 is 0.464 bits per heavy atom. The number of hydrogen-bond acceptors (Lipinski definition) is 6. The minimum atomic E-state index is -4.15. The van der Waals surface area contributed by atoms with Gasteiger partial charge in [0.05, 0.1) is 13.2 Å². The lowest BCUT2D eigenvalue weighted by Crippen LogP contribution is -2.47. The van der Waals surface area contributed by atoms with Gasteiger partial charge in [-0.25, -0.2) is 13.2 Å². The molecule has 0 radical (unpaired) electrons. The highest BCUT2D eigenvalue weighted by Gasteiger charge is 2.58. The summed E-state index contributed by atoms with van der Waals surface area (Å²) in [7, 11) is 0. The van der Waals surface area contributed by atoms with Crippen LogP contribution in [0, 0.1) is 38.2 Å². The molecule has 56 heavy (non-hydrogen) atoms. The molecule has 0 aliphatic carbocycles. The molecule has 13 heteroatoms. The van der Waals surface area contributed by atoms with Crippen LogP contribution in [0.2, 0.25) is 0 Å². The quantitative estimate of drug-likeness (QED) is 0.104. The molecular weight excluding hydrogens is 741 g/mol. The lowest BCUT2D eigenvalue weighted by Gasteiger charge is -2.34. The van der Waals surface area contributed by atoms with Crippen LogP contribution in [0.5, 0.6) is 0 Å². The Bertz CT molecular complexity index is 2110. The number of rotatable bonds is 10. The van der Waals surface area contributed by atoms with Crippen molar-refractivity contribution in [2.75, 3.05) is 13.2 Å². The molecule has 4 N–H and O–H groups in total. The van der Waals surface area contributed by atoms with Gasteiger partial charge in [-0.1, -0.05) is 83.9 Å². The fourth-order valence-electron chi connectivity index (χ4n) is 5.90. The summed E-state index contributed by atoms with van der Waals surface area (Å²) in [5.41, 5.74) is -4.35. The van der Waals surface area contributed by atoms with E-state index in [0.29, 0.717) is 28.8 Å². The number of alkyl halides is 4. The number of aromatic nitrogens is 2. The molecule has 6 rings (SSSR count). The second-order valence-electron chi connectivity index (χ2n) is 13.4. The highest BCUT2D eigenvalue weighted by molar-refractivity contribution is 5.63. The van der Waals surface area contributed by atoms with Crippen molar-refractivity contribution in [1.29, 1.82) is 0 Å². The topological polar surface area (TPSA) is 107 Å². The van der Waals surface area contributed by atoms with Crippen LogP contribution in [0.15, 0.2) is 122 Å². The molecule has 0 amide bonds. The second-order valence-corrected chi connectivity index (χ2v) is 13.4. The van der Waals surface area contributed by atoms with Crippen LogP contribution >= 0.6 is 0 Å². The van der Waals surface area contributed by atoms with E-state index in [1.165, 1.54) is 30.6 Å². The van der Waals surface area contributed by atoms with Gasteiger partial charge in [0.15, 0.2) is 11.2 Å². The van der Waals surface area contributed by atoms with Gasteiger partial charge in [0.2, 0.25) is 0 Å². The predicted molar refractivity (Wildman–Crippen MR) is 196 cm³/mol. The summed E-state index contributed by atoms with van der Waals surface area (Å²) in [5.74, 6) is -11.6. The van der Waals surface area contributed by atoms with Crippen molar-refractivity contribution in [3.05, 3.63) is 178 Å². The van der Waals surface area contributed by atoms with Gasteiger partial charge in [-0.15, -0.1) is 0 Å². The van der Waals surface area contributed by atoms with Crippen LogP contribution in [-0.4, -0.2) is 43.6 Å². The minimum absolute atomic E-state index is 0.361. The van der Waals surface area contributed by atoms with Crippen LogP contribution in [-0.2, 0) is 23.0 Å². The minimum Gasteiger partial charge on any atom is -0.393 e. The molecule has 0 bridgehead atoms. The van der Waals surface area contributed by atoms with E-state index in [9.17, 15) is 33.6 Å². The summed E-state index contributed by atoms with van der Waals surface area (Å²) in [4.78, 5) is 7.51. The molecule has 0 saturated carbocycles. The van der Waals surface area contributed by atoms with E-state index >= 15 is 17.6 Å². The third kappa shape index (κ3) is 8.07. The van der Waals surface area contributed by atoms with Crippen molar-refractivity contribution < 1.29 is 51.2 Å². The van der Waals surface area contributed by atoms with Crippen LogP contribution in [0.3, 0.4) is 0 Å². The van der Waals surface area contributed by atoms with Crippen LogP contribution in [0.4, 0.5) is 30.7 Å². The predicted octanol–water partition coefficient (Wildman–Crippen LogP) is 8.78. The number of hydrogen-bond donors (Lipinski definition) is 4. The molecule has 4 aromatic carbocycles. The lowest BCUT2D eigenvalue weighted by molar-refractivity contribution is -0.216. The number of halogens is 7. The Morgan fingerprint density at radius 2 is 0.821 bits per heavy atom. The fraction of sp³-hybridized carbons (Fsp3) is 0.209. The molecule has 0 spiro atoms. The zero-order valence-corrected chi connectivity index (χ0v) is 30.3. The zero-order valence-electron chi connectivity index (χ0n) is 30.3. The van der Waals surface area contributed by atoms with Crippen molar-refractivity contribution in [2.24, 2.45) is 0 Å². The van der Waals surface area contributed by atoms with Crippen LogP contribution in [0.25, 0.3) is 22.3 Å². The first-order valence-corrected chi connectivity index (χ1v) is 17.1. The van der Waals surface area contributed by atoms with Crippen LogP contribution in [0.1, 0.15) is 39.2 Å². The van der Waals surface area contributed by atoms with Gasteiger partial charge >= 0.3 is 11.8 Å². The molecule has 2 aromatic heterocycles. The fourth-order valence-corrected chi connectivity index (χ4v) is 5.90. The molecule has 0 fully saturated rings. The number of pyridine rings is 2. The molecule has 0 unspecified atom stereocenters. The monoisotopic (exact) mass is 778 g/mol. The number of benzene rings is 4. The largest absolute Gasteiger partial charge is 0.393 e. The molecule has 0 aliphatic heterocycles. The average molecular weight is 779 g/mol. The molecular formula is C43H37F7N2O4. The molecule has 2 atom stereocenters. The molecule has 2 heterocycles. The van der Waals surface area contributed by atoms with Gasteiger partial charge in [0.25, 0.3) is 0 Å². The third-order valence-electron chi connectivity index (χ3n) is 9.38. The summed E-state index contributed by atoms with van der Waals surface area (Å²) in [5, 5.41) is 40.1. The van der Waals surface area contributed by atoms with E-state index in [0.717, 1.165) is 52.6 Å². The Morgan fingerprint density at radius 3 is 1.16 bits per heavy atom. The maximum Gasteiger partial charge on any atom is 0.324 e. The van der Waals surface area contributed by atoms with E-state index in [1.807, 2.05) is 62.4 Å². The zero-order chi connectivity index (χ0) is 41.1. The smallest absolute Gasteiger partial charge is 0.324 e. The highest BCUT2D eigenvalue weighted by atomic mass is 19.3. The number of aliphatic hydroxyl groups is 4. The van der Waals surface area contributed by atoms with Gasteiger partial charge in [-0.2, -0.15) is 17.6 Å². The normalized spacial score (nSPS) is 14.0. The molecule has 6 nitrogen and oxygen atoms in total. The van der Waals surface area contributed by atoms with Crippen molar-refractivity contribution >= 4 is 0 Å². The van der Waals surface area contributed by atoms with E-state index < -0.39 is 76.2 Å². The third-order valence-corrected chi connectivity index (χ3v) is 9.38. The SMILES string of the molecule is Cc1ccc(-c2ccc(C(F)(F)[C@@](O)(CO)c3ccc(F)cc3F)nc2)cc1.Cc1ccc(-c2ccc(C(F)(F)[C@](O)(CO)c3ccc(C)cc3F)nc2)cc1. The first-order chi connectivity index (χ1) is 26.4. The van der Waals surface area contributed by atoms with E-state index in [2.05, 4.69) is 9.97 Å². The van der Waals surface area contributed by atoms with Gasteiger partial charge in [0, 0.05) is 40.7 Å². The van der Waals surface area contributed by atoms with Gasteiger partial charge in [-0.3, -0.25) is 9.97 Å². The Balaban J connectivity index is 0.000000214. The molecule has 6 aromatic rings. The van der Waals surface area contributed by atoms with E-state index in [-0.39, 0.29) is 0 Å². The summed E-state index contributed by atoms with van der Waals surface area (Å²) in [6.07, 6.45) is 2.46. The summed E-state index contributed by atoms with van der Waals surface area (Å²) in [6, 6.07) is 24.9. The Kier molecular flexibility index (Phi) is 12.2. The number of aliphatic hydroxyl groups excluding tert-OH is 2. The first kappa shape index (κ1) is 41.7. The highest BCUT2D eigenvalue weighted by Crippen LogP contribution is 2.47. The number of nitrogens with zero attached hydrogens (tertiary/aromatic N) is 2.